The van der Waals surface area contributed by atoms with Gasteiger partial charge in [0.05, 0.1) is 22.8 Å². The predicted octanol–water partition coefficient (Wildman–Crippen LogP) is 9.33. The van der Waals surface area contributed by atoms with Gasteiger partial charge in [0, 0.05) is 56.9 Å². The van der Waals surface area contributed by atoms with Gasteiger partial charge in [-0.05, 0) is 83.8 Å². The van der Waals surface area contributed by atoms with Gasteiger partial charge in [-0.2, -0.15) is 0 Å². The molecule has 0 radical (unpaired) electrons. The summed E-state index contributed by atoms with van der Waals surface area (Å²) in [6.45, 7) is 6.06. The molecule has 0 aliphatic carbocycles. The van der Waals surface area contributed by atoms with Gasteiger partial charge in [0.2, 0.25) is 11.8 Å². The van der Waals surface area contributed by atoms with Crippen molar-refractivity contribution in [2.45, 2.75) is 26.5 Å². The average molecular weight is 745 g/mol. The number of benzene rings is 4. The Bertz CT molecular complexity index is 1980. The van der Waals surface area contributed by atoms with Crippen LogP contribution in [0.4, 0.5) is 8.78 Å². The van der Waals surface area contributed by atoms with Crippen LogP contribution >= 0.6 is 23.2 Å². The van der Waals surface area contributed by atoms with E-state index >= 15 is 0 Å². The van der Waals surface area contributed by atoms with E-state index in [2.05, 4.69) is 34.1 Å². The monoisotopic (exact) mass is 743 g/mol. The molecule has 4 aromatic carbocycles. The van der Waals surface area contributed by atoms with Crippen molar-refractivity contribution >= 4 is 35.2 Å². The second-order valence-electron chi connectivity index (χ2n) is 12.4. The Balaban J connectivity index is 0.937. The van der Waals surface area contributed by atoms with Crippen molar-refractivity contribution < 1.29 is 27.8 Å². The number of aryl methyl sites for hydroxylation is 1. The van der Waals surface area contributed by atoms with Crippen molar-refractivity contribution in [3.63, 3.8) is 0 Å². The molecule has 1 aromatic heterocycles. The van der Waals surface area contributed by atoms with Crippen LogP contribution in [0.25, 0.3) is 6.08 Å². The van der Waals surface area contributed by atoms with Crippen LogP contribution in [0.2, 0.25) is 10.0 Å². The molecule has 1 aliphatic heterocycles. The van der Waals surface area contributed by atoms with E-state index in [9.17, 15) is 13.6 Å². The first-order valence-corrected chi connectivity index (χ1v) is 17.6. The first kappa shape index (κ1) is 36.8. The Morgan fingerprint density at radius 1 is 0.846 bits per heavy atom. The maximum absolute atomic E-state index is 14.1. The van der Waals surface area contributed by atoms with E-state index < -0.39 is 5.82 Å². The van der Waals surface area contributed by atoms with Crippen molar-refractivity contribution in [3.8, 4) is 23.1 Å². The maximum atomic E-state index is 14.1. The lowest BCUT2D eigenvalue weighted by Crippen LogP contribution is -2.47. The SMILES string of the molecule is Cc1cc(C=CC(=O)N2CCN(Cc3ccc(CCOc4ccc(F)cc4)cc3)CC2)cc(Cl)c1Oc1ccc(OCc2cccc(Cl)c2F)cn1. The number of halogens is 4. The summed E-state index contributed by atoms with van der Waals surface area (Å²) in [6.07, 6.45) is 5.58. The first-order valence-electron chi connectivity index (χ1n) is 16.9. The number of aromatic nitrogens is 1. The van der Waals surface area contributed by atoms with Crippen LogP contribution in [0.1, 0.15) is 27.8 Å². The van der Waals surface area contributed by atoms with E-state index in [1.54, 1.807) is 54.6 Å². The molecule has 11 heteroatoms. The van der Waals surface area contributed by atoms with Crippen molar-refractivity contribution in [2.24, 2.45) is 0 Å². The summed E-state index contributed by atoms with van der Waals surface area (Å²) in [5.74, 6) is 1.02. The molecule has 268 valence electrons. The molecule has 0 unspecified atom stereocenters. The Hall–Kier alpha value is -4.96. The zero-order valence-corrected chi connectivity index (χ0v) is 30.0. The number of carbonyl (C=O) groups is 1. The summed E-state index contributed by atoms with van der Waals surface area (Å²) in [6, 6.07) is 26.2. The van der Waals surface area contributed by atoms with Crippen molar-refractivity contribution in [1.29, 1.82) is 0 Å². The fraction of sp³-hybridized carbons (Fsp3) is 0.220. The molecule has 7 nitrogen and oxygen atoms in total. The van der Waals surface area contributed by atoms with Gasteiger partial charge in [0.1, 0.15) is 29.7 Å². The Morgan fingerprint density at radius 2 is 1.58 bits per heavy atom. The number of hydrogen-bond acceptors (Lipinski definition) is 6. The highest BCUT2D eigenvalue weighted by molar-refractivity contribution is 6.32. The number of nitrogens with zero attached hydrogens (tertiary/aromatic N) is 3. The molecular weight excluding hydrogens is 707 g/mol. The summed E-state index contributed by atoms with van der Waals surface area (Å²) in [7, 11) is 0. The minimum absolute atomic E-state index is 0.00307. The second-order valence-corrected chi connectivity index (χ2v) is 13.2. The van der Waals surface area contributed by atoms with Crippen LogP contribution in [0.15, 0.2) is 103 Å². The normalized spacial score (nSPS) is 13.4. The highest BCUT2D eigenvalue weighted by atomic mass is 35.5. The molecule has 1 amide bonds. The Morgan fingerprint density at radius 3 is 2.29 bits per heavy atom. The number of amides is 1. The quantitative estimate of drug-likeness (QED) is 0.112. The largest absolute Gasteiger partial charge is 0.493 e. The van der Waals surface area contributed by atoms with Gasteiger partial charge in [-0.3, -0.25) is 9.69 Å². The molecule has 5 aromatic rings. The average Bonchev–Trinajstić information content (AvgIpc) is 3.15. The lowest BCUT2D eigenvalue weighted by molar-refractivity contribution is -0.127. The summed E-state index contributed by atoms with van der Waals surface area (Å²) >= 11 is 12.4. The molecule has 1 fully saturated rings. The van der Waals surface area contributed by atoms with E-state index in [0.717, 1.165) is 37.2 Å². The minimum atomic E-state index is -0.511. The van der Waals surface area contributed by atoms with Crippen LogP contribution in [0.5, 0.6) is 23.1 Å². The maximum Gasteiger partial charge on any atom is 0.246 e. The molecule has 0 bridgehead atoms. The Labute approximate surface area is 312 Å². The van der Waals surface area contributed by atoms with Gasteiger partial charge in [0.25, 0.3) is 0 Å². The van der Waals surface area contributed by atoms with Gasteiger partial charge < -0.3 is 19.1 Å². The van der Waals surface area contributed by atoms with Crippen molar-refractivity contribution in [2.75, 3.05) is 32.8 Å². The number of ether oxygens (including phenoxy) is 3. The predicted molar refractivity (Wildman–Crippen MR) is 199 cm³/mol. The van der Waals surface area contributed by atoms with Gasteiger partial charge >= 0.3 is 0 Å². The van der Waals surface area contributed by atoms with Crippen molar-refractivity contribution in [3.05, 3.63) is 153 Å². The van der Waals surface area contributed by atoms with Gasteiger partial charge in [0.15, 0.2) is 5.75 Å². The molecular formula is C41H37Cl2F2N3O4. The Kier molecular flexibility index (Phi) is 12.4. The molecule has 6 rings (SSSR count). The molecule has 0 saturated carbocycles. The number of rotatable bonds is 13. The van der Waals surface area contributed by atoms with Crippen LogP contribution in [-0.2, 0) is 24.4 Å². The zero-order valence-electron chi connectivity index (χ0n) is 28.5. The van der Waals surface area contributed by atoms with E-state index in [1.165, 1.54) is 35.5 Å². The molecule has 0 spiro atoms. The van der Waals surface area contributed by atoms with E-state index in [-0.39, 0.29) is 23.4 Å². The van der Waals surface area contributed by atoms with E-state index in [0.29, 0.717) is 53.4 Å². The highest BCUT2D eigenvalue weighted by Crippen LogP contribution is 2.34. The number of pyridine rings is 1. The lowest BCUT2D eigenvalue weighted by atomic mass is 10.1. The lowest BCUT2D eigenvalue weighted by Gasteiger charge is -2.34. The summed E-state index contributed by atoms with van der Waals surface area (Å²) in [4.78, 5) is 21.5. The van der Waals surface area contributed by atoms with Gasteiger partial charge in [-0.1, -0.05) is 59.6 Å². The highest BCUT2D eigenvalue weighted by Gasteiger charge is 2.20. The summed E-state index contributed by atoms with van der Waals surface area (Å²) in [5, 5.41) is 0.420. The molecule has 2 heterocycles. The topological polar surface area (TPSA) is 64.1 Å². The van der Waals surface area contributed by atoms with Gasteiger partial charge in [-0.15, -0.1) is 0 Å². The van der Waals surface area contributed by atoms with Crippen LogP contribution in [0, 0.1) is 18.6 Å². The third-order valence-corrected chi connectivity index (χ3v) is 9.17. The molecule has 52 heavy (non-hydrogen) atoms. The second kappa shape index (κ2) is 17.5. The van der Waals surface area contributed by atoms with E-state index in [4.69, 9.17) is 37.4 Å². The molecule has 1 aliphatic rings. The van der Waals surface area contributed by atoms with Crippen LogP contribution in [0.3, 0.4) is 0 Å². The van der Waals surface area contributed by atoms with Crippen molar-refractivity contribution in [1.82, 2.24) is 14.8 Å². The third kappa shape index (κ3) is 10.1. The smallest absolute Gasteiger partial charge is 0.246 e. The summed E-state index contributed by atoms with van der Waals surface area (Å²) in [5.41, 5.74) is 4.28. The molecule has 0 N–H and O–H groups in total. The van der Waals surface area contributed by atoms with Gasteiger partial charge in [-0.25, -0.2) is 13.8 Å². The molecule has 0 atom stereocenters. The third-order valence-electron chi connectivity index (χ3n) is 8.60. The first-order chi connectivity index (χ1) is 25.2. The molecule has 1 saturated heterocycles. The summed E-state index contributed by atoms with van der Waals surface area (Å²) < 4.78 is 44.5. The fourth-order valence-electron chi connectivity index (χ4n) is 5.71. The fourth-order valence-corrected chi connectivity index (χ4v) is 6.22. The standard InChI is InChI=1S/C41H37Cl2F2N3O4/c1-28-23-31(24-37(43)41(28)52-38-15-14-35(25-46-38)51-27-32-3-2-4-36(42)40(32)45)9-16-39(49)48-20-18-47(19-21-48)26-30-7-5-29(6-8-30)17-22-50-34-12-10-33(44)11-13-34/h2-16,23-25H,17-22,26-27H2,1H3. The van der Waals surface area contributed by atoms with E-state index in [1.807, 2.05) is 17.9 Å². The minimum Gasteiger partial charge on any atom is -0.493 e. The number of piperazine rings is 1. The number of carbonyl (C=O) groups excluding carboxylic acids is 1. The van der Waals surface area contributed by atoms with Crippen LogP contribution < -0.4 is 14.2 Å². The van der Waals surface area contributed by atoms with Crippen LogP contribution in [-0.4, -0.2) is 53.5 Å². The number of hydrogen-bond donors (Lipinski definition) is 0. The zero-order chi connectivity index (χ0) is 36.5.